The van der Waals surface area contributed by atoms with E-state index in [4.69, 9.17) is 1.76 Å². The van der Waals surface area contributed by atoms with Crippen LogP contribution in [0.15, 0.2) is 0 Å². The van der Waals surface area contributed by atoms with Crippen molar-refractivity contribution in [2.75, 3.05) is 0 Å². The van der Waals surface area contributed by atoms with E-state index in [-0.39, 0.29) is 7.43 Å². The van der Waals surface area contributed by atoms with Crippen LogP contribution in [0.1, 0.15) is 7.43 Å². The van der Waals surface area contributed by atoms with Gasteiger partial charge in [-0.15, -0.1) is 0 Å². The van der Waals surface area contributed by atoms with Crippen molar-refractivity contribution in [3.05, 3.63) is 0 Å². The third-order valence-corrected chi connectivity index (χ3v) is 0. The fraction of sp³-hybridized carbons (Fsp3) is 1.00. The van der Waals surface area contributed by atoms with Gasteiger partial charge in [0.2, 0.25) is 0 Å². The first kappa shape index (κ1) is 6.61. The molecule has 0 spiro atoms. The fourth-order valence-electron chi connectivity index (χ4n) is 0. The molecular weight excluding hydrogens is 178 g/mol. The van der Waals surface area contributed by atoms with Crippen LogP contribution in [-0.2, 0) is 53.1 Å². The van der Waals surface area contributed by atoms with Gasteiger partial charge in [-0.1, -0.05) is 7.43 Å². The van der Waals surface area contributed by atoms with Crippen LogP contribution in [-0.4, -0.2) is 1.76 Å². The van der Waals surface area contributed by atoms with E-state index in [0.29, 0.717) is 0 Å². The molecular formula is CH6S2V2. The molecule has 0 aromatic rings. The molecule has 0 radical (unpaired) electrons. The van der Waals surface area contributed by atoms with E-state index in [1.807, 2.05) is 0 Å². The molecule has 5 heavy (non-hydrogen) atoms. The zero-order valence-electron chi connectivity index (χ0n) is 3.71. The van der Waals surface area contributed by atoms with E-state index in [2.05, 4.69) is 26.9 Å². The van der Waals surface area contributed by atoms with Crippen LogP contribution in [0.2, 0.25) is 0 Å². The second-order valence-corrected chi connectivity index (χ2v) is 2.77. The number of hydrogen-bond donors (Lipinski definition) is 0. The van der Waals surface area contributed by atoms with Gasteiger partial charge in [-0.3, -0.25) is 0 Å². The van der Waals surface area contributed by atoms with Gasteiger partial charge in [0.1, 0.15) is 0 Å². The molecule has 0 heterocycles. The molecule has 32 valence electrons. The normalized spacial score (nSPS) is 5.40. The Bertz CT molecular complexity index is 43.0. The Hall–Kier alpha value is 1.61. The summed E-state index contributed by atoms with van der Waals surface area (Å²) < 4.78 is 11.9. The van der Waals surface area contributed by atoms with Crippen molar-refractivity contribution in [3.63, 3.8) is 0 Å². The Morgan fingerprint density at radius 2 is 2.20 bits per heavy atom. The quantitative estimate of drug-likeness (QED) is 0.519. The molecule has 0 saturated heterocycles. The van der Waals surface area contributed by atoms with Crippen molar-refractivity contribution >= 4 is 19.2 Å². The van der Waals surface area contributed by atoms with Crippen molar-refractivity contribution in [2.24, 2.45) is 0 Å². The summed E-state index contributed by atoms with van der Waals surface area (Å²) >= 11 is 5.67. The molecule has 0 N–H and O–H groups in total. The summed E-state index contributed by atoms with van der Waals surface area (Å²) in [6.07, 6.45) is 0. The van der Waals surface area contributed by atoms with E-state index < -0.39 is 18.3 Å². The first-order chi connectivity index (χ1) is 2.83. The van der Waals surface area contributed by atoms with Gasteiger partial charge in [-0.05, 0) is 0 Å². The summed E-state index contributed by atoms with van der Waals surface area (Å²) in [6, 6.07) is 0. The summed E-state index contributed by atoms with van der Waals surface area (Å²) in [5.74, 6) is 0. The molecule has 0 atom stereocenters. The molecule has 4 heteroatoms. The summed E-state index contributed by atoms with van der Waals surface area (Å²) in [5, 5.41) is 0. The van der Waals surface area contributed by atoms with Gasteiger partial charge < -0.3 is 0 Å². The third-order valence-electron chi connectivity index (χ3n) is 0. The molecule has 0 bridgehead atoms. The molecule has 0 rings (SSSR count). The zero-order valence-corrected chi connectivity index (χ0v) is 6.14. The van der Waals surface area contributed by atoms with E-state index in [0.717, 1.165) is 0 Å². The SMILES string of the molecule is C.S=[S]=[V].[3H][V][3H]. The van der Waals surface area contributed by atoms with Crippen molar-refractivity contribution in [3.8, 4) is 0 Å². The molecule has 0 fully saturated rings. The van der Waals surface area contributed by atoms with E-state index in [9.17, 15) is 0 Å². The van der Waals surface area contributed by atoms with Crippen LogP contribution in [0.4, 0.5) is 0 Å². The van der Waals surface area contributed by atoms with Crippen LogP contribution in [0.3, 0.4) is 0 Å². The maximum absolute atomic E-state index is 5.97. The molecule has 0 aliphatic rings. The molecule has 0 aliphatic carbocycles. The van der Waals surface area contributed by atoms with Crippen LogP contribution < -0.4 is 0 Å². The first-order valence-electron chi connectivity index (χ1n) is 1.24. The zero-order chi connectivity index (χ0) is 5.41. The Kier molecular flexibility index (Phi) is 23.1. The molecule has 0 aliphatic heterocycles. The van der Waals surface area contributed by atoms with Gasteiger partial charge in [0.25, 0.3) is 0 Å². The second kappa shape index (κ2) is 17.5. The number of hydrogen-bond acceptors (Lipinski definition) is 1. The molecule has 0 saturated carbocycles. The van der Waals surface area contributed by atoms with E-state index in [1.165, 1.54) is 7.98 Å². The standard InChI is InChI=1S/CH4.S2.2V.2H/c;1-2;;;;/h1H4;;;;;/i;;;;2*1+2. The van der Waals surface area contributed by atoms with Crippen LogP contribution in [0.5, 0.6) is 0 Å². The minimum atomic E-state index is -0.812. The molecule has 0 aromatic heterocycles. The van der Waals surface area contributed by atoms with Crippen LogP contribution in [0.25, 0.3) is 0 Å². The summed E-state index contributed by atoms with van der Waals surface area (Å²) in [5.41, 5.74) is 0. The van der Waals surface area contributed by atoms with Gasteiger partial charge in [0, 0.05) is 0 Å². The van der Waals surface area contributed by atoms with E-state index in [1.54, 1.807) is 0 Å². The van der Waals surface area contributed by atoms with Crippen molar-refractivity contribution in [2.45, 2.75) is 7.43 Å². The monoisotopic (exact) mass is 188 g/mol. The Morgan fingerprint density at radius 1 is 2.20 bits per heavy atom. The Balaban J connectivity index is -0.0000000400. The molecule has 0 nitrogen and oxygen atoms in total. The predicted molar refractivity (Wildman–Crippen MR) is 24.3 cm³/mol. The maximum atomic E-state index is 5.97. The average Bonchev–Trinajstić information content (AvgIpc) is 1.39. The topological polar surface area (TPSA) is 0 Å². The van der Waals surface area contributed by atoms with Gasteiger partial charge in [0.15, 0.2) is 0 Å². The minimum absolute atomic E-state index is 0. The summed E-state index contributed by atoms with van der Waals surface area (Å²) in [7, 11) is 1.27. The first-order valence-corrected chi connectivity index (χ1v) is 3.76. The summed E-state index contributed by atoms with van der Waals surface area (Å²) in [4.78, 5) is 0. The predicted octanol–water partition coefficient (Wildman–Crippen LogP) is 0.0909. The molecule has 0 aromatic carbocycles. The van der Waals surface area contributed by atoms with Crippen LogP contribution >= 0.6 is 0 Å². The van der Waals surface area contributed by atoms with Crippen LogP contribution in [0, 0.1) is 0 Å². The van der Waals surface area contributed by atoms with E-state index >= 15 is 0 Å². The van der Waals surface area contributed by atoms with Gasteiger partial charge in [-0.2, -0.15) is 0 Å². The Labute approximate surface area is 62.1 Å². The molecule has 0 unspecified atom stereocenters. The van der Waals surface area contributed by atoms with Crippen molar-refractivity contribution in [1.29, 1.82) is 1.76 Å². The summed E-state index contributed by atoms with van der Waals surface area (Å²) in [6.45, 7) is 0. The fourth-order valence-corrected chi connectivity index (χ4v) is 0. The average molecular weight is 188 g/mol. The van der Waals surface area contributed by atoms with Gasteiger partial charge in [-0.25, -0.2) is 0 Å². The van der Waals surface area contributed by atoms with Crippen molar-refractivity contribution in [1.82, 2.24) is 0 Å². The number of rotatable bonds is 0. The van der Waals surface area contributed by atoms with Gasteiger partial charge in [0.05, 0.1) is 0 Å². The second-order valence-electron chi connectivity index (χ2n) is 0.0745. The third kappa shape index (κ3) is 28.2. The van der Waals surface area contributed by atoms with Crippen molar-refractivity contribution < 1.29 is 34.0 Å². The Morgan fingerprint density at radius 3 is 2.20 bits per heavy atom. The molecule has 0 amide bonds. The van der Waals surface area contributed by atoms with Gasteiger partial charge >= 0.3 is 54.9 Å².